The lowest BCUT2D eigenvalue weighted by molar-refractivity contribution is -0.165. The molecule has 3 heterocycles. The molecule has 6 nitrogen and oxygen atoms in total. The van der Waals surface area contributed by atoms with Crippen molar-refractivity contribution in [3.05, 3.63) is 29.3 Å². The molecule has 0 bridgehead atoms. The average Bonchev–Trinajstić information content (AvgIpc) is 2.77. The van der Waals surface area contributed by atoms with Crippen LogP contribution in [-0.4, -0.2) is 54.0 Å². The maximum absolute atomic E-state index is 13.1. The van der Waals surface area contributed by atoms with Gasteiger partial charge in [0.25, 0.3) is 0 Å². The van der Waals surface area contributed by atoms with E-state index in [1.807, 2.05) is 13.0 Å². The van der Waals surface area contributed by atoms with Crippen molar-refractivity contribution >= 4 is 17.3 Å². The molecule has 1 aromatic carbocycles. The van der Waals surface area contributed by atoms with E-state index in [1.54, 1.807) is 21.0 Å². The van der Waals surface area contributed by atoms with Crippen molar-refractivity contribution in [2.24, 2.45) is 5.41 Å². The maximum atomic E-state index is 13.1. The van der Waals surface area contributed by atoms with Crippen LogP contribution in [0.2, 0.25) is 0 Å². The van der Waals surface area contributed by atoms with Gasteiger partial charge in [-0.15, -0.1) is 0 Å². The van der Waals surface area contributed by atoms with Gasteiger partial charge in [-0.25, -0.2) is 0 Å². The minimum absolute atomic E-state index is 0.0281. The molecule has 162 valence electrons. The van der Waals surface area contributed by atoms with E-state index in [-0.39, 0.29) is 23.9 Å². The number of methoxy groups -OCH3 is 1. The molecule has 0 radical (unpaired) electrons. The molecule has 0 amide bonds. The minimum atomic E-state index is -0.913. The van der Waals surface area contributed by atoms with Crippen molar-refractivity contribution in [3.63, 3.8) is 0 Å². The first-order chi connectivity index (χ1) is 14.3. The second kappa shape index (κ2) is 7.89. The molecule has 1 aromatic rings. The molecule has 4 rings (SSSR count). The molecule has 4 atom stereocenters. The summed E-state index contributed by atoms with van der Waals surface area (Å²) in [4.78, 5) is 40.9. The lowest BCUT2D eigenvalue weighted by Gasteiger charge is -2.55. The Balaban J connectivity index is 1.63. The molecule has 3 aliphatic heterocycles. The standard InChI is InChI=1S/C24H32N2O4/c1-5-24(2,3)23(29)22(28)20-21(27)18-8-6-7-17(26(18)20)19-16-10-9-15(30-4)13-14(16)11-12-25-19/h9-10,13,17-20,25H,5-8,11-12H2,1-4H3. The lowest BCUT2D eigenvalue weighted by Crippen LogP contribution is -2.74. The highest BCUT2D eigenvalue weighted by Crippen LogP contribution is 2.42. The fourth-order valence-corrected chi connectivity index (χ4v) is 5.22. The zero-order chi connectivity index (χ0) is 21.6. The molecule has 1 N–H and O–H groups in total. The first kappa shape index (κ1) is 21.2. The minimum Gasteiger partial charge on any atom is -0.497 e. The molecule has 0 saturated carbocycles. The molecule has 4 unspecified atom stereocenters. The summed E-state index contributed by atoms with van der Waals surface area (Å²) in [6, 6.07) is 5.07. The highest BCUT2D eigenvalue weighted by Gasteiger charge is 2.58. The number of hydrogen-bond donors (Lipinski definition) is 1. The van der Waals surface area contributed by atoms with Gasteiger partial charge in [0, 0.05) is 17.5 Å². The zero-order valence-corrected chi connectivity index (χ0v) is 18.4. The third kappa shape index (κ3) is 3.30. The van der Waals surface area contributed by atoms with Gasteiger partial charge in [-0.1, -0.05) is 26.8 Å². The van der Waals surface area contributed by atoms with Crippen molar-refractivity contribution in [3.8, 4) is 5.75 Å². The largest absolute Gasteiger partial charge is 0.497 e. The predicted octanol–water partition coefficient (Wildman–Crippen LogP) is 2.63. The van der Waals surface area contributed by atoms with Crippen LogP contribution in [0.4, 0.5) is 0 Å². The Morgan fingerprint density at radius 2 is 2.03 bits per heavy atom. The van der Waals surface area contributed by atoms with E-state index in [2.05, 4.69) is 22.3 Å². The third-order valence-electron chi connectivity index (χ3n) is 7.42. The van der Waals surface area contributed by atoms with Crippen molar-refractivity contribution in [2.45, 2.75) is 77.0 Å². The summed E-state index contributed by atoms with van der Waals surface area (Å²) < 4.78 is 5.38. The van der Waals surface area contributed by atoms with Crippen LogP contribution in [0.25, 0.3) is 0 Å². The van der Waals surface area contributed by atoms with Crippen molar-refractivity contribution < 1.29 is 19.1 Å². The normalized spacial score (nSPS) is 28.9. The molecule has 3 aliphatic rings. The molecule has 2 fully saturated rings. The Morgan fingerprint density at radius 3 is 2.73 bits per heavy atom. The monoisotopic (exact) mass is 412 g/mol. The number of Topliss-reactive ketones (excluding diaryl/α,β-unsaturated/α-hetero) is 3. The lowest BCUT2D eigenvalue weighted by atomic mass is 9.72. The Labute approximate surface area is 178 Å². The summed E-state index contributed by atoms with van der Waals surface area (Å²) >= 11 is 0. The summed E-state index contributed by atoms with van der Waals surface area (Å²) in [6.45, 7) is 6.31. The molecule has 2 saturated heterocycles. The van der Waals surface area contributed by atoms with E-state index in [1.165, 1.54) is 11.1 Å². The van der Waals surface area contributed by atoms with Gasteiger partial charge in [0.2, 0.25) is 11.6 Å². The maximum Gasteiger partial charge on any atom is 0.223 e. The van der Waals surface area contributed by atoms with Crippen LogP contribution in [0.5, 0.6) is 5.75 Å². The molecule has 0 aromatic heterocycles. The van der Waals surface area contributed by atoms with Gasteiger partial charge in [0.1, 0.15) is 11.8 Å². The number of ketones is 3. The summed E-state index contributed by atoms with van der Waals surface area (Å²) in [5, 5.41) is 3.62. The average molecular weight is 413 g/mol. The van der Waals surface area contributed by atoms with Crippen LogP contribution in [0.1, 0.15) is 63.6 Å². The van der Waals surface area contributed by atoms with E-state index in [0.29, 0.717) is 6.42 Å². The fraction of sp³-hybridized carbons (Fsp3) is 0.625. The highest BCUT2D eigenvalue weighted by molar-refractivity contribution is 6.45. The second-order valence-electron chi connectivity index (χ2n) is 9.44. The van der Waals surface area contributed by atoms with E-state index in [4.69, 9.17) is 4.74 Å². The number of piperidine rings is 1. The Bertz CT molecular complexity index is 878. The fourth-order valence-electron chi connectivity index (χ4n) is 5.22. The summed E-state index contributed by atoms with van der Waals surface area (Å²) in [6.07, 6.45) is 4.12. The SMILES string of the molecule is CCC(C)(C)C(=O)C(=O)C1C(=O)C2CCCC(C3NCCc4cc(OC)ccc43)N21. The van der Waals surface area contributed by atoms with Gasteiger partial charge in [-0.2, -0.15) is 0 Å². The van der Waals surface area contributed by atoms with Crippen LogP contribution < -0.4 is 10.1 Å². The smallest absolute Gasteiger partial charge is 0.223 e. The highest BCUT2D eigenvalue weighted by atomic mass is 16.5. The number of benzene rings is 1. The first-order valence-corrected chi connectivity index (χ1v) is 11.1. The van der Waals surface area contributed by atoms with Crippen LogP contribution >= 0.6 is 0 Å². The van der Waals surface area contributed by atoms with Crippen LogP contribution in [0.3, 0.4) is 0 Å². The van der Waals surface area contributed by atoms with E-state index in [0.717, 1.165) is 38.0 Å². The number of fused-ring (bicyclic) bond motifs is 2. The van der Waals surface area contributed by atoms with Gasteiger partial charge in [-0.05, 0) is 61.9 Å². The van der Waals surface area contributed by atoms with Gasteiger partial charge in [-0.3, -0.25) is 19.3 Å². The summed E-state index contributed by atoms with van der Waals surface area (Å²) in [7, 11) is 1.67. The Kier molecular flexibility index (Phi) is 5.58. The number of nitrogens with one attached hydrogen (secondary N) is 1. The number of nitrogens with zero attached hydrogens (tertiary/aromatic N) is 1. The van der Waals surface area contributed by atoms with E-state index in [9.17, 15) is 14.4 Å². The number of carbonyl (C=O) groups excluding carboxylic acids is 3. The van der Waals surface area contributed by atoms with Crippen molar-refractivity contribution in [2.75, 3.05) is 13.7 Å². The third-order valence-corrected chi connectivity index (χ3v) is 7.42. The number of ether oxygens (including phenoxy) is 1. The molecule has 6 heteroatoms. The van der Waals surface area contributed by atoms with Crippen molar-refractivity contribution in [1.29, 1.82) is 0 Å². The van der Waals surface area contributed by atoms with E-state index < -0.39 is 23.0 Å². The van der Waals surface area contributed by atoms with Crippen LogP contribution in [-0.2, 0) is 20.8 Å². The predicted molar refractivity (Wildman–Crippen MR) is 114 cm³/mol. The Hall–Kier alpha value is -2.05. The van der Waals surface area contributed by atoms with Crippen molar-refractivity contribution in [1.82, 2.24) is 10.2 Å². The quantitative estimate of drug-likeness (QED) is 0.572. The second-order valence-corrected chi connectivity index (χ2v) is 9.44. The van der Waals surface area contributed by atoms with Crippen LogP contribution in [0, 0.1) is 5.41 Å². The molecule has 0 spiro atoms. The van der Waals surface area contributed by atoms with Gasteiger partial charge >= 0.3 is 0 Å². The molecule has 0 aliphatic carbocycles. The zero-order valence-electron chi connectivity index (χ0n) is 18.4. The number of carbonyl (C=O) groups is 3. The molecular formula is C24H32N2O4. The Morgan fingerprint density at radius 1 is 1.27 bits per heavy atom. The first-order valence-electron chi connectivity index (χ1n) is 11.1. The molecule has 30 heavy (non-hydrogen) atoms. The van der Waals surface area contributed by atoms with Crippen LogP contribution in [0.15, 0.2) is 18.2 Å². The molecular weight excluding hydrogens is 380 g/mol. The number of hydrogen-bond acceptors (Lipinski definition) is 6. The van der Waals surface area contributed by atoms with Gasteiger partial charge in [0.05, 0.1) is 13.2 Å². The van der Waals surface area contributed by atoms with E-state index >= 15 is 0 Å². The summed E-state index contributed by atoms with van der Waals surface area (Å²) in [5.74, 6) is -0.181. The topological polar surface area (TPSA) is 75.7 Å². The van der Waals surface area contributed by atoms with Gasteiger partial charge < -0.3 is 10.1 Å². The summed E-state index contributed by atoms with van der Waals surface area (Å²) in [5.41, 5.74) is 1.72. The number of rotatable bonds is 6. The van der Waals surface area contributed by atoms with Gasteiger partial charge in [0.15, 0.2) is 5.78 Å².